The van der Waals surface area contributed by atoms with E-state index in [1.165, 1.54) is 0 Å². The summed E-state index contributed by atoms with van der Waals surface area (Å²) in [6, 6.07) is 2.33. The largest absolute Gasteiger partial charge is 0.198 e. The Bertz CT molecular complexity index is 141. The molecule has 1 aliphatic rings. The number of nitriles is 1. The average Bonchev–Trinajstić information content (AvgIpc) is 2.48. The first kappa shape index (κ1) is 6.95. The summed E-state index contributed by atoms with van der Waals surface area (Å²) >= 11 is 4.23. The Morgan fingerprint density at radius 3 is 2.44 bits per heavy atom. The first-order chi connectivity index (χ1) is 4.18. The molecule has 2 heteroatoms. The Morgan fingerprint density at radius 2 is 2.33 bits per heavy atom. The van der Waals surface area contributed by atoms with E-state index in [4.69, 9.17) is 5.26 Å². The van der Waals surface area contributed by atoms with Crippen molar-refractivity contribution in [2.45, 2.75) is 31.4 Å². The van der Waals surface area contributed by atoms with Gasteiger partial charge in [0.1, 0.15) is 0 Å². The van der Waals surface area contributed by atoms with E-state index >= 15 is 0 Å². The van der Waals surface area contributed by atoms with Gasteiger partial charge in [0.2, 0.25) is 0 Å². The Balaban J connectivity index is 2.36. The minimum atomic E-state index is 0.0428. The molecule has 1 saturated carbocycles. The molecule has 0 N–H and O–H groups in total. The number of hydrogen-bond donors (Lipinski definition) is 1. The highest BCUT2D eigenvalue weighted by atomic mass is 32.1. The maximum Gasteiger partial charge on any atom is 0.0690 e. The van der Waals surface area contributed by atoms with Gasteiger partial charge in [-0.3, -0.25) is 0 Å². The molecule has 0 aromatic rings. The van der Waals surface area contributed by atoms with Gasteiger partial charge in [-0.1, -0.05) is 6.92 Å². The van der Waals surface area contributed by atoms with E-state index in [0.29, 0.717) is 5.25 Å². The van der Waals surface area contributed by atoms with E-state index in [9.17, 15) is 0 Å². The second kappa shape index (κ2) is 2.22. The van der Waals surface area contributed by atoms with Crippen LogP contribution < -0.4 is 0 Å². The van der Waals surface area contributed by atoms with Crippen molar-refractivity contribution in [3.05, 3.63) is 0 Å². The van der Waals surface area contributed by atoms with Crippen LogP contribution in [-0.2, 0) is 0 Å². The van der Waals surface area contributed by atoms with Crippen LogP contribution in [0, 0.1) is 16.7 Å². The molecule has 0 saturated heterocycles. The third kappa shape index (κ3) is 1.62. The lowest BCUT2D eigenvalue weighted by atomic mass is 10.0. The van der Waals surface area contributed by atoms with Crippen molar-refractivity contribution in [2.24, 2.45) is 5.41 Å². The summed E-state index contributed by atoms with van der Waals surface area (Å²) in [5, 5.41) is 9.00. The monoisotopic (exact) mass is 141 g/mol. The van der Waals surface area contributed by atoms with Crippen LogP contribution in [0.1, 0.15) is 26.2 Å². The maximum atomic E-state index is 8.62. The van der Waals surface area contributed by atoms with Gasteiger partial charge in [0.05, 0.1) is 11.5 Å². The van der Waals surface area contributed by atoms with Gasteiger partial charge in [-0.25, -0.2) is 0 Å². The number of hydrogen-bond acceptors (Lipinski definition) is 2. The second-order valence-electron chi connectivity index (χ2n) is 2.95. The first-order valence-electron chi connectivity index (χ1n) is 3.28. The average molecular weight is 141 g/mol. The van der Waals surface area contributed by atoms with Crippen LogP contribution in [0.25, 0.3) is 0 Å². The number of rotatable bonds is 2. The van der Waals surface area contributed by atoms with Crippen LogP contribution in [0.5, 0.6) is 0 Å². The summed E-state index contributed by atoms with van der Waals surface area (Å²) in [5.41, 5.74) is 0.0428. The van der Waals surface area contributed by atoms with Crippen LogP contribution in [0.2, 0.25) is 0 Å². The molecule has 0 heterocycles. The van der Waals surface area contributed by atoms with E-state index in [-0.39, 0.29) is 5.41 Å². The quantitative estimate of drug-likeness (QED) is 0.584. The van der Waals surface area contributed by atoms with Crippen molar-refractivity contribution in [2.75, 3.05) is 0 Å². The number of nitrogens with zero attached hydrogens (tertiary/aromatic N) is 1. The zero-order chi connectivity index (χ0) is 6.91. The van der Waals surface area contributed by atoms with Crippen LogP contribution in [0.15, 0.2) is 0 Å². The smallest absolute Gasteiger partial charge is 0.0690 e. The topological polar surface area (TPSA) is 23.8 Å². The fraction of sp³-hybridized carbons (Fsp3) is 0.857. The normalized spacial score (nSPS) is 24.6. The summed E-state index contributed by atoms with van der Waals surface area (Å²) in [6.45, 7) is 2.04. The van der Waals surface area contributed by atoms with Crippen molar-refractivity contribution in [3.63, 3.8) is 0 Å². The van der Waals surface area contributed by atoms with Gasteiger partial charge in [-0.15, -0.1) is 0 Å². The maximum absolute atomic E-state index is 8.62. The van der Waals surface area contributed by atoms with Crippen molar-refractivity contribution < 1.29 is 0 Å². The van der Waals surface area contributed by atoms with Crippen molar-refractivity contribution in [1.82, 2.24) is 0 Å². The Morgan fingerprint density at radius 1 is 1.78 bits per heavy atom. The summed E-state index contributed by atoms with van der Waals surface area (Å²) in [5.74, 6) is 0. The lowest BCUT2D eigenvalue weighted by Crippen LogP contribution is -2.03. The lowest BCUT2D eigenvalue weighted by molar-refractivity contribution is 0.597. The predicted molar refractivity (Wildman–Crippen MR) is 40.3 cm³/mol. The molecule has 0 radical (unpaired) electrons. The minimum Gasteiger partial charge on any atom is -0.198 e. The molecule has 0 spiro atoms. The van der Waals surface area contributed by atoms with E-state index in [1.807, 2.05) is 6.92 Å². The molecule has 0 aromatic heterocycles. The zero-order valence-corrected chi connectivity index (χ0v) is 6.49. The molecule has 1 unspecified atom stereocenters. The van der Waals surface area contributed by atoms with Gasteiger partial charge < -0.3 is 0 Å². The summed E-state index contributed by atoms with van der Waals surface area (Å²) < 4.78 is 0. The highest BCUT2D eigenvalue weighted by Crippen LogP contribution is 2.49. The van der Waals surface area contributed by atoms with E-state index < -0.39 is 0 Å². The van der Waals surface area contributed by atoms with Crippen LogP contribution >= 0.6 is 12.6 Å². The minimum absolute atomic E-state index is 0.0428. The zero-order valence-electron chi connectivity index (χ0n) is 5.59. The summed E-state index contributed by atoms with van der Waals surface area (Å²) in [7, 11) is 0. The molecule has 0 bridgehead atoms. The van der Waals surface area contributed by atoms with Crippen LogP contribution in [-0.4, -0.2) is 5.25 Å². The SMILES string of the molecule is CC(S)CC1(C#N)CC1. The highest BCUT2D eigenvalue weighted by Gasteiger charge is 2.43. The van der Waals surface area contributed by atoms with Crippen molar-refractivity contribution in [3.8, 4) is 6.07 Å². The molecule has 0 aliphatic heterocycles. The Labute approximate surface area is 61.5 Å². The molecule has 1 aliphatic carbocycles. The Kier molecular flexibility index (Phi) is 1.72. The lowest BCUT2D eigenvalue weighted by Gasteiger charge is -2.06. The molecule has 1 rings (SSSR count). The molecular formula is C7H11NS. The molecule has 1 atom stereocenters. The second-order valence-corrected chi connectivity index (χ2v) is 3.83. The third-order valence-electron chi connectivity index (χ3n) is 1.78. The van der Waals surface area contributed by atoms with E-state index in [1.54, 1.807) is 0 Å². The van der Waals surface area contributed by atoms with E-state index in [2.05, 4.69) is 18.7 Å². The molecule has 0 aromatic carbocycles. The molecule has 0 amide bonds. The van der Waals surface area contributed by atoms with Crippen LogP contribution in [0.4, 0.5) is 0 Å². The molecular weight excluding hydrogens is 130 g/mol. The van der Waals surface area contributed by atoms with E-state index in [0.717, 1.165) is 19.3 Å². The fourth-order valence-electron chi connectivity index (χ4n) is 1.08. The van der Waals surface area contributed by atoms with Crippen molar-refractivity contribution >= 4 is 12.6 Å². The fourth-order valence-corrected chi connectivity index (χ4v) is 1.43. The summed E-state index contributed by atoms with van der Waals surface area (Å²) in [4.78, 5) is 0. The predicted octanol–water partition coefficient (Wildman–Crippen LogP) is 2.00. The molecule has 9 heavy (non-hydrogen) atoms. The van der Waals surface area contributed by atoms with Crippen molar-refractivity contribution in [1.29, 1.82) is 5.26 Å². The van der Waals surface area contributed by atoms with Gasteiger partial charge in [0.15, 0.2) is 0 Å². The molecule has 1 fully saturated rings. The first-order valence-corrected chi connectivity index (χ1v) is 3.79. The van der Waals surface area contributed by atoms with Gasteiger partial charge >= 0.3 is 0 Å². The van der Waals surface area contributed by atoms with Gasteiger partial charge in [0, 0.05) is 5.25 Å². The van der Waals surface area contributed by atoms with Gasteiger partial charge in [-0.2, -0.15) is 17.9 Å². The third-order valence-corrected chi connectivity index (χ3v) is 1.96. The van der Waals surface area contributed by atoms with Crippen LogP contribution in [0.3, 0.4) is 0 Å². The van der Waals surface area contributed by atoms with Gasteiger partial charge in [-0.05, 0) is 19.3 Å². The molecule has 1 nitrogen and oxygen atoms in total. The standard InChI is InChI=1S/C7H11NS/c1-6(9)4-7(5-8)2-3-7/h6,9H,2-4H2,1H3. The Hall–Kier alpha value is -0.160. The van der Waals surface area contributed by atoms with Gasteiger partial charge in [0.25, 0.3) is 0 Å². The highest BCUT2D eigenvalue weighted by molar-refractivity contribution is 7.80. The molecule has 50 valence electrons. The number of thiol groups is 1. The summed E-state index contributed by atoms with van der Waals surface area (Å²) in [6.07, 6.45) is 3.15.